The predicted octanol–water partition coefficient (Wildman–Crippen LogP) is 0.0185. The number of carbonyl (C=O) groups excluding carboxylic acids is 1. The van der Waals surface area contributed by atoms with Crippen molar-refractivity contribution in [2.45, 2.75) is 0 Å². The first kappa shape index (κ1) is 14.9. The zero-order valence-corrected chi connectivity index (χ0v) is 11.9. The highest BCUT2D eigenvalue weighted by atomic mass is 16.5. The molecule has 0 fully saturated rings. The number of nitrogens with zero attached hydrogens (tertiary/aromatic N) is 4. The van der Waals surface area contributed by atoms with Crippen LogP contribution in [0.3, 0.4) is 0 Å². The lowest BCUT2D eigenvalue weighted by atomic mass is 10.2. The summed E-state index contributed by atoms with van der Waals surface area (Å²) in [6, 6.07) is 7.15. The SMILES string of the molecule is COCCNC(=O)COc1ccc(-c2nnn(C)n2)cc1. The van der Waals surface area contributed by atoms with E-state index in [-0.39, 0.29) is 12.5 Å². The molecule has 0 bridgehead atoms. The van der Waals surface area contributed by atoms with E-state index in [1.165, 1.54) is 4.80 Å². The van der Waals surface area contributed by atoms with E-state index in [4.69, 9.17) is 9.47 Å². The Kier molecular flexibility index (Phi) is 5.22. The maximum atomic E-state index is 11.5. The second-order valence-corrected chi connectivity index (χ2v) is 4.26. The highest BCUT2D eigenvalue weighted by Crippen LogP contribution is 2.18. The first-order valence-electron chi connectivity index (χ1n) is 6.42. The molecule has 2 rings (SSSR count). The fourth-order valence-corrected chi connectivity index (χ4v) is 1.59. The summed E-state index contributed by atoms with van der Waals surface area (Å²) in [5.74, 6) is 0.956. The van der Waals surface area contributed by atoms with Crippen LogP contribution in [0.5, 0.6) is 5.75 Å². The minimum atomic E-state index is -0.188. The molecule has 0 atom stereocenters. The molecule has 1 amide bonds. The Morgan fingerprint density at radius 2 is 2.10 bits per heavy atom. The molecule has 0 aliphatic carbocycles. The first-order valence-corrected chi connectivity index (χ1v) is 6.42. The number of rotatable bonds is 7. The van der Waals surface area contributed by atoms with Crippen molar-refractivity contribution in [1.82, 2.24) is 25.5 Å². The number of tetrazole rings is 1. The van der Waals surface area contributed by atoms with Gasteiger partial charge < -0.3 is 14.8 Å². The van der Waals surface area contributed by atoms with Gasteiger partial charge in [0.15, 0.2) is 6.61 Å². The summed E-state index contributed by atoms with van der Waals surface area (Å²) >= 11 is 0. The summed E-state index contributed by atoms with van der Waals surface area (Å²) in [5, 5.41) is 14.5. The van der Waals surface area contributed by atoms with Gasteiger partial charge in [0.1, 0.15) is 5.75 Å². The van der Waals surface area contributed by atoms with Crippen molar-refractivity contribution < 1.29 is 14.3 Å². The molecule has 8 nitrogen and oxygen atoms in total. The number of nitrogens with one attached hydrogen (secondary N) is 1. The molecule has 1 aromatic carbocycles. The van der Waals surface area contributed by atoms with Gasteiger partial charge in [0.25, 0.3) is 5.91 Å². The molecule has 0 spiro atoms. The van der Waals surface area contributed by atoms with Gasteiger partial charge in [0, 0.05) is 19.2 Å². The number of methoxy groups -OCH3 is 1. The van der Waals surface area contributed by atoms with E-state index >= 15 is 0 Å². The van der Waals surface area contributed by atoms with Crippen molar-refractivity contribution in [2.24, 2.45) is 7.05 Å². The van der Waals surface area contributed by atoms with Crippen molar-refractivity contribution in [3.8, 4) is 17.1 Å². The molecule has 21 heavy (non-hydrogen) atoms. The summed E-state index contributed by atoms with van der Waals surface area (Å²) in [5.41, 5.74) is 0.833. The van der Waals surface area contributed by atoms with E-state index in [9.17, 15) is 4.79 Å². The predicted molar refractivity (Wildman–Crippen MR) is 74.6 cm³/mol. The summed E-state index contributed by atoms with van der Waals surface area (Å²) in [6.45, 7) is 0.911. The number of aromatic nitrogens is 4. The second-order valence-electron chi connectivity index (χ2n) is 4.26. The minimum absolute atomic E-state index is 0.0353. The van der Waals surface area contributed by atoms with Gasteiger partial charge in [-0.05, 0) is 29.5 Å². The molecule has 0 aliphatic heterocycles. The summed E-state index contributed by atoms with van der Waals surface area (Å²) < 4.78 is 10.2. The lowest BCUT2D eigenvalue weighted by molar-refractivity contribution is -0.123. The molecule has 112 valence electrons. The molecular weight excluding hydrogens is 274 g/mol. The molecule has 0 aliphatic rings. The summed E-state index contributed by atoms with van der Waals surface area (Å²) in [6.07, 6.45) is 0. The normalized spacial score (nSPS) is 10.4. The smallest absolute Gasteiger partial charge is 0.258 e. The lowest BCUT2D eigenvalue weighted by Gasteiger charge is -2.07. The Labute approximate surface area is 122 Å². The van der Waals surface area contributed by atoms with Gasteiger partial charge in [-0.2, -0.15) is 4.80 Å². The van der Waals surface area contributed by atoms with Gasteiger partial charge in [-0.3, -0.25) is 4.79 Å². The van der Waals surface area contributed by atoms with Crippen molar-refractivity contribution in [3.63, 3.8) is 0 Å². The van der Waals surface area contributed by atoms with Gasteiger partial charge in [-0.25, -0.2) is 0 Å². The lowest BCUT2D eigenvalue weighted by Crippen LogP contribution is -2.31. The molecule has 8 heteroatoms. The molecular formula is C13H17N5O3. The molecule has 1 N–H and O–H groups in total. The van der Waals surface area contributed by atoms with Gasteiger partial charge in [-0.1, -0.05) is 0 Å². The van der Waals surface area contributed by atoms with Crippen LogP contribution in [0.2, 0.25) is 0 Å². The van der Waals surface area contributed by atoms with Crippen LogP contribution in [0.4, 0.5) is 0 Å². The van der Waals surface area contributed by atoms with Gasteiger partial charge in [0.2, 0.25) is 5.82 Å². The summed E-state index contributed by atoms with van der Waals surface area (Å²) in [7, 11) is 3.28. The van der Waals surface area contributed by atoms with Crippen LogP contribution in [0.15, 0.2) is 24.3 Å². The molecule has 0 radical (unpaired) electrons. The van der Waals surface area contributed by atoms with E-state index in [1.807, 2.05) is 12.1 Å². The van der Waals surface area contributed by atoms with Crippen molar-refractivity contribution >= 4 is 5.91 Å². The van der Waals surface area contributed by atoms with E-state index in [0.717, 1.165) is 5.56 Å². The number of amides is 1. The Balaban J connectivity index is 1.84. The van der Waals surface area contributed by atoms with E-state index in [2.05, 4.69) is 20.7 Å². The molecule has 0 saturated heterocycles. The average molecular weight is 291 g/mol. The minimum Gasteiger partial charge on any atom is -0.484 e. The van der Waals surface area contributed by atoms with Crippen LogP contribution in [0, 0.1) is 0 Å². The number of carbonyl (C=O) groups is 1. The number of hydrogen-bond acceptors (Lipinski definition) is 6. The van der Waals surface area contributed by atoms with Crippen LogP contribution in [-0.4, -0.2) is 53.0 Å². The third-order valence-electron chi connectivity index (χ3n) is 2.62. The molecule has 0 unspecified atom stereocenters. The molecule has 1 aromatic heterocycles. The first-order chi connectivity index (χ1) is 10.2. The summed E-state index contributed by atoms with van der Waals surface area (Å²) in [4.78, 5) is 12.9. The Morgan fingerprint density at radius 3 is 2.71 bits per heavy atom. The monoisotopic (exact) mass is 291 g/mol. The van der Waals surface area contributed by atoms with Crippen molar-refractivity contribution in [2.75, 3.05) is 26.9 Å². The Bertz CT molecular complexity index is 582. The van der Waals surface area contributed by atoms with Gasteiger partial charge in [-0.15, -0.1) is 10.2 Å². The van der Waals surface area contributed by atoms with Crippen molar-refractivity contribution in [3.05, 3.63) is 24.3 Å². The zero-order valence-electron chi connectivity index (χ0n) is 11.9. The molecule has 2 aromatic rings. The highest BCUT2D eigenvalue weighted by Gasteiger charge is 2.05. The number of aryl methyl sites for hydroxylation is 1. The van der Waals surface area contributed by atoms with Crippen LogP contribution in [-0.2, 0) is 16.6 Å². The largest absolute Gasteiger partial charge is 0.484 e. The zero-order chi connectivity index (χ0) is 15.1. The average Bonchev–Trinajstić information content (AvgIpc) is 2.92. The Morgan fingerprint density at radius 1 is 1.33 bits per heavy atom. The highest BCUT2D eigenvalue weighted by molar-refractivity contribution is 5.77. The molecule has 0 saturated carbocycles. The third kappa shape index (κ3) is 4.53. The maximum Gasteiger partial charge on any atom is 0.258 e. The Hall–Kier alpha value is -2.48. The van der Waals surface area contributed by atoms with Crippen LogP contribution in [0.25, 0.3) is 11.4 Å². The van der Waals surface area contributed by atoms with Crippen LogP contribution >= 0.6 is 0 Å². The van der Waals surface area contributed by atoms with E-state index in [0.29, 0.717) is 24.7 Å². The van der Waals surface area contributed by atoms with E-state index in [1.54, 1.807) is 26.3 Å². The third-order valence-corrected chi connectivity index (χ3v) is 2.62. The number of benzene rings is 1. The van der Waals surface area contributed by atoms with Crippen molar-refractivity contribution in [1.29, 1.82) is 0 Å². The quantitative estimate of drug-likeness (QED) is 0.723. The topological polar surface area (TPSA) is 91.2 Å². The number of hydrogen-bond donors (Lipinski definition) is 1. The standard InChI is InChI=1S/C13H17N5O3/c1-18-16-13(15-17-18)10-3-5-11(6-4-10)21-9-12(19)14-7-8-20-2/h3-6H,7-9H2,1-2H3,(H,14,19). The fraction of sp³-hybridized carbons (Fsp3) is 0.385. The van der Waals surface area contributed by atoms with Crippen LogP contribution in [0.1, 0.15) is 0 Å². The van der Waals surface area contributed by atoms with Gasteiger partial charge in [0.05, 0.1) is 13.7 Å². The van der Waals surface area contributed by atoms with Crippen LogP contribution < -0.4 is 10.1 Å². The fourth-order valence-electron chi connectivity index (χ4n) is 1.59. The maximum absolute atomic E-state index is 11.5. The van der Waals surface area contributed by atoms with Gasteiger partial charge >= 0.3 is 0 Å². The number of ether oxygens (including phenoxy) is 2. The second kappa shape index (κ2) is 7.34. The molecule has 1 heterocycles. The van der Waals surface area contributed by atoms with E-state index < -0.39 is 0 Å².